The van der Waals surface area contributed by atoms with Crippen molar-refractivity contribution in [2.45, 2.75) is 26.3 Å². The van der Waals surface area contributed by atoms with Crippen LogP contribution in [-0.4, -0.2) is 73.7 Å². The van der Waals surface area contributed by atoms with Gasteiger partial charge in [0.15, 0.2) is 0 Å². The molecule has 0 aliphatic rings. The highest BCUT2D eigenvalue weighted by atomic mass is 16.4. The number of carboxylic acid groups (broad SMARTS) is 1. The molecule has 17 heavy (non-hydrogen) atoms. The molecule has 0 aliphatic carbocycles. The highest BCUT2D eigenvalue weighted by molar-refractivity contribution is 5.73. The second-order valence-electron chi connectivity index (χ2n) is 4.50. The van der Waals surface area contributed by atoms with Crippen LogP contribution in [0.4, 0.5) is 0 Å². The third-order valence-corrected chi connectivity index (χ3v) is 2.72. The number of aliphatic carboxylic acids is 1. The summed E-state index contributed by atoms with van der Waals surface area (Å²) in [6.45, 7) is 8.14. The van der Waals surface area contributed by atoms with E-state index in [1.54, 1.807) is 0 Å². The summed E-state index contributed by atoms with van der Waals surface area (Å²) in [4.78, 5) is 15.4. The van der Waals surface area contributed by atoms with E-state index >= 15 is 0 Å². The van der Waals surface area contributed by atoms with Crippen LogP contribution >= 0.6 is 0 Å². The Morgan fingerprint density at radius 1 is 1.29 bits per heavy atom. The van der Waals surface area contributed by atoms with E-state index in [2.05, 4.69) is 36.1 Å². The van der Waals surface area contributed by atoms with Gasteiger partial charge in [-0.2, -0.15) is 0 Å². The van der Waals surface area contributed by atoms with E-state index in [1.165, 1.54) is 0 Å². The van der Waals surface area contributed by atoms with Gasteiger partial charge < -0.3 is 20.2 Å². The molecule has 0 saturated heterocycles. The molecule has 0 aromatic heterocycles. The monoisotopic (exact) mass is 245 g/mol. The van der Waals surface area contributed by atoms with Gasteiger partial charge in [0.05, 0.1) is 0 Å². The molecule has 1 unspecified atom stereocenters. The van der Waals surface area contributed by atoms with Crippen molar-refractivity contribution < 1.29 is 9.90 Å². The van der Waals surface area contributed by atoms with Crippen molar-refractivity contribution in [3.63, 3.8) is 0 Å². The number of carboxylic acids is 1. The fourth-order valence-electron chi connectivity index (χ4n) is 1.72. The molecular formula is C12H27N3O2. The lowest BCUT2D eigenvalue weighted by Gasteiger charge is -2.25. The summed E-state index contributed by atoms with van der Waals surface area (Å²) in [5, 5.41) is 12.1. The number of carbonyl (C=O) groups is 1. The summed E-state index contributed by atoms with van der Waals surface area (Å²) in [7, 11) is 4.10. The van der Waals surface area contributed by atoms with Crippen molar-refractivity contribution in [1.29, 1.82) is 0 Å². The van der Waals surface area contributed by atoms with Crippen molar-refractivity contribution in [3.05, 3.63) is 0 Å². The van der Waals surface area contributed by atoms with Crippen LogP contribution in [0.5, 0.6) is 0 Å². The minimum atomic E-state index is -0.766. The largest absolute Gasteiger partial charge is 0.480 e. The molecule has 0 aliphatic heterocycles. The molecule has 0 amide bonds. The minimum absolute atomic E-state index is 0.459. The third kappa shape index (κ3) is 8.12. The van der Waals surface area contributed by atoms with Gasteiger partial charge in [0, 0.05) is 6.54 Å². The SMILES string of the molecule is CCNC(CN(CC)CCCN(C)C)C(=O)O. The van der Waals surface area contributed by atoms with Gasteiger partial charge in [-0.05, 0) is 46.7 Å². The van der Waals surface area contributed by atoms with Crippen LogP contribution < -0.4 is 5.32 Å². The molecule has 0 aromatic rings. The lowest BCUT2D eigenvalue weighted by molar-refractivity contribution is -0.140. The van der Waals surface area contributed by atoms with Crippen molar-refractivity contribution in [3.8, 4) is 0 Å². The van der Waals surface area contributed by atoms with E-state index in [4.69, 9.17) is 5.11 Å². The van der Waals surface area contributed by atoms with Gasteiger partial charge in [-0.3, -0.25) is 4.79 Å². The molecule has 102 valence electrons. The number of likely N-dealkylation sites (N-methyl/N-ethyl adjacent to an activating group) is 2. The van der Waals surface area contributed by atoms with Crippen LogP contribution in [0, 0.1) is 0 Å². The minimum Gasteiger partial charge on any atom is -0.480 e. The zero-order valence-corrected chi connectivity index (χ0v) is 11.6. The predicted molar refractivity (Wildman–Crippen MR) is 70.4 cm³/mol. The first-order valence-corrected chi connectivity index (χ1v) is 6.34. The Kier molecular flexibility index (Phi) is 9.03. The summed E-state index contributed by atoms with van der Waals surface area (Å²) in [6, 6.07) is -0.459. The first-order valence-electron chi connectivity index (χ1n) is 6.34. The molecule has 0 spiro atoms. The average Bonchev–Trinajstić information content (AvgIpc) is 2.25. The van der Waals surface area contributed by atoms with Gasteiger partial charge in [-0.15, -0.1) is 0 Å². The number of hydrogen-bond donors (Lipinski definition) is 2. The summed E-state index contributed by atoms with van der Waals surface area (Å²) < 4.78 is 0. The van der Waals surface area contributed by atoms with Crippen LogP contribution in [0.3, 0.4) is 0 Å². The maximum Gasteiger partial charge on any atom is 0.322 e. The number of nitrogens with zero attached hydrogens (tertiary/aromatic N) is 2. The van der Waals surface area contributed by atoms with Gasteiger partial charge in [-0.1, -0.05) is 13.8 Å². The maximum absolute atomic E-state index is 11.0. The van der Waals surface area contributed by atoms with E-state index < -0.39 is 12.0 Å². The molecule has 2 N–H and O–H groups in total. The molecule has 0 radical (unpaired) electrons. The maximum atomic E-state index is 11.0. The van der Waals surface area contributed by atoms with E-state index in [0.717, 1.165) is 26.1 Å². The van der Waals surface area contributed by atoms with Crippen LogP contribution in [0.1, 0.15) is 20.3 Å². The Labute approximate surface area is 105 Å². The highest BCUT2D eigenvalue weighted by Crippen LogP contribution is 1.96. The summed E-state index contributed by atoms with van der Waals surface area (Å²) in [5.74, 6) is -0.766. The van der Waals surface area contributed by atoms with E-state index in [9.17, 15) is 4.79 Å². The molecule has 0 saturated carbocycles. The van der Waals surface area contributed by atoms with E-state index in [-0.39, 0.29) is 0 Å². The standard InChI is InChI=1S/C12H27N3O2/c1-5-13-11(12(16)17)10-15(6-2)9-7-8-14(3)4/h11,13H,5-10H2,1-4H3,(H,16,17). The Bertz CT molecular complexity index is 210. The fourth-order valence-corrected chi connectivity index (χ4v) is 1.72. The Balaban J connectivity index is 4.03. The van der Waals surface area contributed by atoms with Crippen molar-refractivity contribution in [1.82, 2.24) is 15.1 Å². The number of hydrogen-bond acceptors (Lipinski definition) is 4. The zero-order chi connectivity index (χ0) is 13.3. The Morgan fingerprint density at radius 2 is 1.94 bits per heavy atom. The molecule has 0 bridgehead atoms. The Hall–Kier alpha value is -0.650. The second-order valence-corrected chi connectivity index (χ2v) is 4.50. The van der Waals surface area contributed by atoms with E-state index in [0.29, 0.717) is 13.1 Å². The number of rotatable bonds is 10. The van der Waals surface area contributed by atoms with Crippen molar-refractivity contribution in [2.24, 2.45) is 0 Å². The van der Waals surface area contributed by atoms with Crippen LogP contribution in [0.25, 0.3) is 0 Å². The third-order valence-electron chi connectivity index (χ3n) is 2.72. The predicted octanol–water partition coefficient (Wildman–Crippen LogP) is 0.323. The zero-order valence-electron chi connectivity index (χ0n) is 11.6. The van der Waals surface area contributed by atoms with Crippen molar-refractivity contribution in [2.75, 3.05) is 46.8 Å². The van der Waals surface area contributed by atoms with Crippen LogP contribution in [0.2, 0.25) is 0 Å². The molecule has 0 fully saturated rings. The van der Waals surface area contributed by atoms with Crippen LogP contribution in [0.15, 0.2) is 0 Å². The average molecular weight is 245 g/mol. The first-order chi connectivity index (χ1) is 8.01. The quantitative estimate of drug-likeness (QED) is 0.580. The molecule has 5 nitrogen and oxygen atoms in total. The highest BCUT2D eigenvalue weighted by Gasteiger charge is 2.18. The van der Waals surface area contributed by atoms with E-state index in [1.807, 2.05) is 6.92 Å². The molecule has 5 heteroatoms. The lowest BCUT2D eigenvalue weighted by atomic mass is 10.2. The van der Waals surface area contributed by atoms with Gasteiger partial charge in [-0.25, -0.2) is 0 Å². The molecule has 0 heterocycles. The van der Waals surface area contributed by atoms with Crippen molar-refractivity contribution >= 4 is 5.97 Å². The van der Waals surface area contributed by atoms with Gasteiger partial charge in [0.1, 0.15) is 6.04 Å². The molecule has 1 atom stereocenters. The summed E-state index contributed by atoms with van der Waals surface area (Å²) >= 11 is 0. The van der Waals surface area contributed by atoms with Crippen LogP contribution in [-0.2, 0) is 4.79 Å². The Morgan fingerprint density at radius 3 is 2.35 bits per heavy atom. The topological polar surface area (TPSA) is 55.8 Å². The lowest BCUT2D eigenvalue weighted by Crippen LogP contribution is -2.46. The van der Waals surface area contributed by atoms with Gasteiger partial charge in [0.25, 0.3) is 0 Å². The first kappa shape index (κ1) is 16.4. The smallest absolute Gasteiger partial charge is 0.322 e. The molecule has 0 aromatic carbocycles. The van der Waals surface area contributed by atoms with Gasteiger partial charge in [0.2, 0.25) is 0 Å². The number of nitrogens with one attached hydrogen (secondary N) is 1. The normalized spacial score (nSPS) is 13.3. The summed E-state index contributed by atoms with van der Waals surface area (Å²) in [5.41, 5.74) is 0. The fraction of sp³-hybridized carbons (Fsp3) is 0.917. The molecular weight excluding hydrogens is 218 g/mol. The summed E-state index contributed by atoms with van der Waals surface area (Å²) in [6.07, 6.45) is 1.07. The second kappa shape index (κ2) is 9.39. The van der Waals surface area contributed by atoms with Gasteiger partial charge >= 0.3 is 5.97 Å². The molecule has 0 rings (SSSR count).